The van der Waals surface area contributed by atoms with Crippen molar-refractivity contribution in [2.45, 2.75) is 6.61 Å². The summed E-state index contributed by atoms with van der Waals surface area (Å²) < 4.78 is 27.3. The van der Waals surface area contributed by atoms with Crippen molar-refractivity contribution in [3.05, 3.63) is 24.3 Å². The van der Waals surface area contributed by atoms with Crippen molar-refractivity contribution < 1.29 is 13.5 Å². The van der Waals surface area contributed by atoms with Crippen LogP contribution in [0.4, 0.5) is 14.5 Å². The largest absolute Gasteiger partial charge is 0.433 e. The summed E-state index contributed by atoms with van der Waals surface area (Å²) in [6.07, 6.45) is 0. The van der Waals surface area contributed by atoms with Crippen molar-refractivity contribution in [1.29, 1.82) is 0 Å². The molecule has 0 aliphatic rings. The van der Waals surface area contributed by atoms with Crippen molar-refractivity contribution in [3.8, 4) is 5.75 Å². The number of halogens is 3. The molecule has 1 aromatic rings. The van der Waals surface area contributed by atoms with Gasteiger partial charge in [-0.05, 0) is 12.1 Å². The molecule has 0 spiro atoms. The van der Waals surface area contributed by atoms with Crippen LogP contribution in [0.2, 0.25) is 0 Å². The summed E-state index contributed by atoms with van der Waals surface area (Å²) in [5, 5.41) is 0. The molecule has 0 atom stereocenters. The molecule has 0 aromatic heterocycles. The van der Waals surface area contributed by atoms with Crippen LogP contribution in [0.3, 0.4) is 0 Å². The number of rotatable bonds is 2. The molecule has 0 bridgehead atoms. The first-order valence-corrected chi connectivity index (χ1v) is 2.99. The van der Waals surface area contributed by atoms with Gasteiger partial charge in [0.05, 0.1) is 5.69 Å². The SMILES string of the molecule is Cl.Nc1ccccc1OC(F)F. The van der Waals surface area contributed by atoms with Crippen LogP contribution in [-0.4, -0.2) is 6.61 Å². The van der Waals surface area contributed by atoms with Gasteiger partial charge in [0.2, 0.25) is 0 Å². The highest BCUT2D eigenvalue weighted by Crippen LogP contribution is 2.21. The number of alkyl halides is 2. The monoisotopic (exact) mass is 195 g/mol. The van der Waals surface area contributed by atoms with Gasteiger partial charge in [-0.15, -0.1) is 12.4 Å². The Morgan fingerprint density at radius 1 is 1.25 bits per heavy atom. The highest BCUT2D eigenvalue weighted by molar-refractivity contribution is 5.85. The van der Waals surface area contributed by atoms with E-state index in [1.807, 2.05) is 0 Å². The molecule has 0 aliphatic carbocycles. The second kappa shape index (κ2) is 4.77. The number of nitrogens with two attached hydrogens (primary N) is 1. The molecular formula is C7H8ClF2NO. The minimum atomic E-state index is -2.82. The van der Waals surface area contributed by atoms with Gasteiger partial charge in [-0.1, -0.05) is 12.1 Å². The molecule has 0 fully saturated rings. The van der Waals surface area contributed by atoms with E-state index in [1.54, 1.807) is 12.1 Å². The predicted octanol–water partition coefficient (Wildman–Crippen LogP) is 2.29. The lowest BCUT2D eigenvalue weighted by Crippen LogP contribution is -2.03. The maximum absolute atomic E-state index is 11.6. The molecule has 5 heteroatoms. The van der Waals surface area contributed by atoms with E-state index in [1.165, 1.54) is 12.1 Å². The normalized spacial score (nSPS) is 9.25. The molecule has 12 heavy (non-hydrogen) atoms. The number of anilines is 1. The molecule has 0 aliphatic heterocycles. The standard InChI is InChI=1S/C7H7F2NO.ClH/c8-7(9)11-6-4-2-1-3-5(6)10;/h1-4,7H,10H2;1H. The molecule has 2 N–H and O–H groups in total. The van der Waals surface area contributed by atoms with Gasteiger partial charge in [0, 0.05) is 0 Å². The predicted molar refractivity (Wildman–Crippen MR) is 44.7 cm³/mol. The first-order chi connectivity index (χ1) is 5.20. The third kappa shape index (κ3) is 2.92. The minimum absolute atomic E-state index is 0. The molecule has 68 valence electrons. The van der Waals surface area contributed by atoms with Gasteiger partial charge < -0.3 is 10.5 Å². The average Bonchev–Trinajstić information content (AvgIpc) is 1.93. The van der Waals surface area contributed by atoms with Gasteiger partial charge in [0.25, 0.3) is 0 Å². The second-order valence-electron chi connectivity index (χ2n) is 1.92. The van der Waals surface area contributed by atoms with Gasteiger partial charge in [-0.25, -0.2) is 0 Å². The molecule has 0 amide bonds. The zero-order valence-electron chi connectivity index (χ0n) is 6.04. The number of nitrogen functional groups attached to an aromatic ring is 1. The highest BCUT2D eigenvalue weighted by Gasteiger charge is 2.05. The van der Waals surface area contributed by atoms with Crippen molar-refractivity contribution in [2.75, 3.05) is 5.73 Å². The lowest BCUT2D eigenvalue weighted by atomic mass is 10.3. The molecule has 0 unspecified atom stereocenters. The van der Waals surface area contributed by atoms with Crippen LogP contribution in [0.1, 0.15) is 0 Å². The van der Waals surface area contributed by atoms with Crippen molar-refractivity contribution in [1.82, 2.24) is 0 Å². The van der Waals surface area contributed by atoms with Crippen molar-refractivity contribution >= 4 is 18.1 Å². The molecule has 1 rings (SSSR count). The van der Waals surface area contributed by atoms with E-state index in [2.05, 4.69) is 4.74 Å². The second-order valence-corrected chi connectivity index (χ2v) is 1.92. The maximum Gasteiger partial charge on any atom is 0.387 e. The molecule has 0 saturated heterocycles. The van der Waals surface area contributed by atoms with E-state index < -0.39 is 6.61 Å². The van der Waals surface area contributed by atoms with Gasteiger partial charge >= 0.3 is 6.61 Å². The van der Waals surface area contributed by atoms with Crippen molar-refractivity contribution in [2.24, 2.45) is 0 Å². The summed E-state index contributed by atoms with van der Waals surface area (Å²) in [6.45, 7) is -2.82. The highest BCUT2D eigenvalue weighted by atomic mass is 35.5. The lowest BCUT2D eigenvalue weighted by molar-refractivity contribution is -0.0493. The fourth-order valence-corrected chi connectivity index (χ4v) is 0.684. The molecule has 0 saturated carbocycles. The van der Waals surface area contributed by atoms with Gasteiger partial charge in [0.15, 0.2) is 0 Å². The first-order valence-electron chi connectivity index (χ1n) is 2.99. The number of benzene rings is 1. The van der Waals surface area contributed by atoms with Gasteiger partial charge in [-0.3, -0.25) is 0 Å². The number of hydrogen-bond acceptors (Lipinski definition) is 2. The van der Waals surface area contributed by atoms with E-state index in [4.69, 9.17) is 5.73 Å². The molecular weight excluding hydrogens is 188 g/mol. The summed E-state index contributed by atoms with van der Waals surface area (Å²) in [6, 6.07) is 6.11. The Bertz CT molecular complexity index is 245. The molecule has 0 radical (unpaired) electrons. The maximum atomic E-state index is 11.6. The van der Waals surface area contributed by atoms with E-state index in [9.17, 15) is 8.78 Å². The first kappa shape index (κ1) is 11.0. The zero-order chi connectivity index (χ0) is 8.27. The molecule has 2 nitrogen and oxygen atoms in total. The lowest BCUT2D eigenvalue weighted by Gasteiger charge is -2.05. The summed E-state index contributed by atoms with van der Waals surface area (Å²) in [4.78, 5) is 0. The average molecular weight is 196 g/mol. The fourth-order valence-electron chi connectivity index (χ4n) is 0.684. The van der Waals surface area contributed by atoms with Crippen LogP contribution in [0, 0.1) is 0 Å². The van der Waals surface area contributed by atoms with Crippen LogP contribution in [0.15, 0.2) is 24.3 Å². The van der Waals surface area contributed by atoms with Gasteiger partial charge in [-0.2, -0.15) is 8.78 Å². The molecule has 1 aromatic carbocycles. The Kier molecular flexibility index (Phi) is 4.36. The summed E-state index contributed by atoms with van der Waals surface area (Å²) in [5.74, 6) is 0.0162. The Balaban J connectivity index is 0.00000121. The van der Waals surface area contributed by atoms with Crippen molar-refractivity contribution in [3.63, 3.8) is 0 Å². The summed E-state index contributed by atoms with van der Waals surface area (Å²) in [5.41, 5.74) is 5.53. The van der Waals surface area contributed by atoms with Crippen LogP contribution in [0.25, 0.3) is 0 Å². The topological polar surface area (TPSA) is 35.2 Å². The van der Waals surface area contributed by atoms with Crippen LogP contribution < -0.4 is 10.5 Å². The quantitative estimate of drug-likeness (QED) is 0.735. The van der Waals surface area contributed by atoms with Crippen LogP contribution in [0.5, 0.6) is 5.75 Å². The number of ether oxygens (including phenoxy) is 1. The van der Waals surface area contributed by atoms with Gasteiger partial charge in [0.1, 0.15) is 5.75 Å². The number of hydrogen-bond donors (Lipinski definition) is 1. The Labute approximate surface area is 74.7 Å². The minimum Gasteiger partial charge on any atom is -0.433 e. The summed E-state index contributed by atoms with van der Waals surface area (Å²) in [7, 11) is 0. The smallest absolute Gasteiger partial charge is 0.387 e. The summed E-state index contributed by atoms with van der Waals surface area (Å²) >= 11 is 0. The van der Waals surface area contributed by atoms with Crippen LogP contribution >= 0.6 is 12.4 Å². The Morgan fingerprint density at radius 2 is 1.83 bits per heavy atom. The zero-order valence-corrected chi connectivity index (χ0v) is 6.85. The van der Waals surface area contributed by atoms with E-state index in [0.29, 0.717) is 0 Å². The third-order valence-electron chi connectivity index (χ3n) is 1.14. The van der Waals surface area contributed by atoms with E-state index in [-0.39, 0.29) is 23.8 Å². The Morgan fingerprint density at radius 3 is 2.33 bits per heavy atom. The molecule has 0 heterocycles. The fraction of sp³-hybridized carbons (Fsp3) is 0.143. The van der Waals surface area contributed by atoms with Crippen LogP contribution in [-0.2, 0) is 0 Å². The van der Waals surface area contributed by atoms with E-state index in [0.717, 1.165) is 0 Å². The number of para-hydroxylation sites is 2. The Hall–Kier alpha value is -1.03. The third-order valence-corrected chi connectivity index (χ3v) is 1.14. The van der Waals surface area contributed by atoms with E-state index >= 15 is 0 Å².